The maximum atomic E-state index is 5.59. The molecule has 0 radical (unpaired) electrons. The third-order valence-corrected chi connectivity index (χ3v) is 13.1. The molecule has 0 bridgehead atoms. The Morgan fingerprint density at radius 2 is 0.982 bits per heavy atom. The molecular weight excluding hydrogens is 699 g/mol. The van der Waals surface area contributed by atoms with Crippen molar-refractivity contribution in [3.8, 4) is 17.2 Å². The summed E-state index contributed by atoms with van der Waals surface area (Å²) in [7, 11) is 0. The number of para-hydroxylation sites is 2. The van der Waals surface area contributed by atoms with E-state index in [1.165, 1.54) is 84.8 Å². The number of nitrogens with zero attached hydrogens (tertiary/aromatic N) is 3. The summed E-state index contributed by atoms with van der Waals surface area (Å²) in [6.07, 6.45) is 0. The van der Waals surface area contributed by atoms with Gasteiger partial charge in [-0.3, -0.25) is 4.57 Å². The Morgan fingerprint density at radius 3 is 1.79 bits per heavy atom. The van der Waals surface area contributed by atoms with Crippen LogP contribution in [-0.2, 0) is 0 Å². The van der Waals surface area contributed by atoms with E-state index < -0.39 is 0 Å². The van der Waals surface area contributed by atoms with E-state index in [1.807, 2.05) is 11.3 Å². The average Bonchev–Trinajstić information content (AvgIpc) is 3.82. The van der Waals surface area contributed by atoms with Crippen LogP contribution < -0.4 is 0 Å². The predicted molar refractivity (Wildman–Crippen MR) is 240 cm³/mol. The molecule has 0 saturated heterocycles. The second-order valence-electron chi connectivity index (χ2n) is 14.8. The second-order valence-corrected chi connectivity index (χ2v) is 15.9. The smallest absolute Gasteiger partial charge is 0.235 e. The van der Waals surface area contributed by atoms with E-state index in [4.69, 9.17) is 9.97 Å². The lowest BCUT2D eigenvalue weighted by molar-refractivity contribution is 1.02. The normalized spacial score (nSPS) is 12.3. The van der Waals surface area contributed by atoms with Gasteiger partial charge in [-0.15, -0.1) is 11.3 Å². The largest absolute Gasteiger partial charge is 0.276 e. The van der Waals surface area contributed by atoms with Crippen LogP contribution in [0.1, 0.15) is 0 Å². The highest BCUT2D eigenvalue weighted by atomic mass is 32.1. The Balaban J connectivity index is 1.23. The molecule has 13 aromatic rings. The van der Waals surface area contributed by atoms with Crippen molar-refractivity contribution in [2.24, 2.45) is 0 Å². The van der Waals surface area contributed by atoms with Gasteiger partial charge in [0.15, 0.2) is 0 Å². The van der Waals surface area contributed by atoms with Crippen molar-refractivity contribution in [3.05, 3.63) is 176 Å². The van der Waals surface area contributed by atoms with Gasteiger partial charge in [-0.05, 0) is 67.4 Å². The van der Waals surface area contributed by atoms with Gasteiger partial charge in [0.1, 0.15) is 0 Å². The van der Waals surface area contributed by atoms with Gasteiger partial charge >= 0.3 is 0 Å². The van der Waals surface area contributed by atoms with Crippen LogP contribution in [0.5, 0.6) is 0 Å². The van der Waals surface area contributed by atoms with E-state index in [0.29, 0.717) is 5.95 Å². The van der Waals surface area contributed by atoms with Crippen molar-refractivity contribution < 1.29 is 0 Å². The lowest BCUT2D eigenvalue weighted by atomic mass is 9.89. The molecule has 56 heavy (non-hydrogen) atoms. The highest BCUT2D eigenvalue weighted by molar-refractivity contribution is 7.27. The van der Waals surface area contributed by atoms with Crippen LogP contribution in [-0.4, -0.2) is 14.5 Å². The predicted octanol–water partition coefficient (Wildman–Crippen LogP) is 14.5. The van der Waals surface area contributed by atoms with Gasteiger partial charge in [0.05, 0.1) is 26.9 Å². The zero-order valence-electron chi connectivity index (χ0n) is 30.0. The first kappa shape index (κ1) is 30.2. The van der Waals surface area contributed by atoms with Gasteiger partial charge in [0, 0.05) is 48.0 Å². The number of hydrogen-bond acceptors (Lipinski definition) is 3. The Bertz CT molecular complexity index is 3830. The fourth-order valence-corrected chi connectivity index (χ4v) is 10.8. The Labute approximate surface area is 324 Å². The molecule has 3 nitrogen and oxygen atoms in total. The van der Waals surface area contributed by atoms with Crippen molar-refractivity contribution in [2.75, 3.05) is 0 Å². The van der Waals surface area contributed by atoms with E-state index in [0.717, 1.165) is 33.2 Å². The summed E-state index contributed by atoms with van der Waals surface area (Å²) >= 11 is 1.87. The molecule has 0 aliphatic rings. The molecular formula is C52H29N3S. The Hall–Kier alpha value is -7.14. The van der Waals surface area contributed by atoms with E-state index in [9.17, 15) is 0 Å². The lowest BCUT2D eigenvalue weighted by Gasteiger charge is -2.15. The standard InChI is InChI=1S/C52H29N3S/c1-2-14-33-30(13-1)25-26-31-29-32(27-28-34(31)33)49-39-19-7-10-22-42(39)53-52(54-49)55-43-23-11-8-20-40(43)47-45-37-17-5-3-15-35(37)36-16-4-6-18-38(36)46(45)48-41-21-9-12-24-44(41)56-51(48)50(47)55/h1-29H. The van der Waals surface area contributed by atoms with E-state index in [2.05, 4.69) is 180 Å². The first-order valence-electron chi connectivity index (χ1n) is 19.1. The van der Waals surface area contributed by atoms with E-state index in [1.54, 1.807) is 0 Å². The highest BCUT2D eigenvalue weighted by Gasteiger charge is 2.26. The molecule has 3 heterocycles. The van der Waals surface area contributed by atoms with Crippen molar-refractivity contribution >= 4 is 118 Å². The molecule has 0 fully saturated rings. The molecule has 0 amide bonds. The minimum Gasteiger partial charge on any atom is -0.276 e. The van der Waals surface area contributed by atoms with Crippen molar-refractivity contribution in [1.29, 1.82) is 0 Å². The molecule has 258 valence electrons. The van der Waals surface area contributed by atoms with Crippen LogP contribution >= 0.6 is 11.3 Å². The monoisotopic (exact) mass is 727 g/mol. The number of benzene rings is 10. The third kappa shape index (κ3) is 4.01. The topological polar surface area (TPSA) is 30.7 Å². The quantitative estimate of drug-likeness (QED) is 0.166. The van der Waals surface area contributed by atoms with E-state index >= 15 is 0 Å². The highest BCUT2D eigenvalue weighted by Crippen LogP contribution is 2.51. The molecule has 10 aromatic carbocycles. The number of thiophene rings is 1. The van der Waals surface area contributed by atoms with Crippen molar-refractivity contribution in [1.82, 2.24) is 14.5 Å². The number of hydrogen-bond donors (Lipinski definition) is 0. The third-order valence-electron chi connectivity index (χ3n) is 11.9. The van der Waals surface area contributed by atoms with Crippen LogP contribution in [0.25, 0.3) is 124 Å². The Kier molecular flexibility index (Phi) is 6.04. The molecule has 0 spiro atoms. The van der Waals surface area contributed by atoms with Gasteiger partial charge in [0.25, 0.3) is 0 Å². The van der Waals surface area contributed by atoms with Gasteiger partial charge in [-0.1, -0.05) is 152 Å². The Morgan fingerprint density at radius 1 is 0.393 bits per heavy atom. The number of rotatable bonds is 2. The minimum absolute atomic E-state index is 0.673. The van der Waals surface area contributed by atoms with Crippen LogP contribution in [0.2, 0.25) is 0 Å². The van der Waals surface area contributed by atoms with Crippen molar-refractivity contribution in [3.63, 3.8) is 0 Å². The molecule has 0 unspecified atom stereocenters. The summed E-state index contributed by atoms with van der Waals surface area (Å²) in [5.74, 6) is 0.673. The van der Waals surface area contributed by atoms with Gasteiger partial charge in [-0.2, -0.15) is 0 Å². The fourth-order valence-electron chi connectivity index (χ4n) is 9.58. The summed E-state index contributed by atoms with van der Waals surface area (Å²) in [6, 6.07) is 63.9. The molecule has 13 rings (SSSR count). The van der Waals surface area contributed by atoms with Gasteiger partial charge in [0.2, 0.25) is 5.95 Å². The van der Waals surface area contributed by atoms with Crippen LogP contribution in [0.4, 0.5) is 0 Å². The summed E-state index contributed by atoms with van der Waals surface area (Å²) in [4.78, 5) is 11.0. The first-order chi connectivity index (χ1) is 27.8. The van der Waals surface area contributed by atoms with E-state index in [-0.39, 0.29) is 0 Å². The molecule has 0 N–H and O–H groups in total. The van der Waals surface area contributed by atoms with Crippen LogP contribution in [0.15, 0.2) is 176 Å². The zero-order chi connectivity index (χ0) is 36.5. The first-order valence-corrected chi connectivity index (χ1v) is 19.9. The molecule has 3 aromatic heterocycles. The lowest BCUT2D eigenvalue weighted by Crippen LogP contribution is -2.03. The fraction of sp³-hybridized carbons (Fsp3) is 0. The number of aromatic nitrogens is 3. The molecule has 0 atom stereocenters. The SMILES string of the molecule is c1ccc2c(c1)ccc1cc(-c3nc(-n4c5ccccc5c5c6c7ccccc7c7ccccc7c6c6c7ccccc7sc6c54)nc4ccccc34)ccc12. The average molecular weight is 728 g/mol. The van der Waals surface area contributed by atoms with Crippen LogP contribution in [0.3, 0.4) is 0 Å². The minimum atomic E-state index is 0.673. The van der Waals surface area contributed by atoms with Gasteiger partial charge < -0.3 is 0 Å². The molecule has 0 aliphatic carbocycles. The second kappa shape index (κ2) is 11.2. The van der Waals surface area contributed by atoms with Crippen molar-refractivity contribution in [2.45, 2.75) is 0 Å². The molecule has 4 heteroatoms. The summed E-state index contributed by atoms with van der Waals surface area (Å²) in [5.41, 5.74) is 5.17. The summed E-state index contributed by atoms with van der Waals surface area (Å²) in [5, 5.41) is 18.7. The zero-order valence-corrected chi connectivity index (χ0v) is 30.8. The van der Waals surface area contributed by atoms with Crippen LogP contribution in [0, 0.1) is 0 Å². The number of fused-ring (bicyclic) bond motifs is 19. The maximum absolute atomic E-state index is 5.59. The van der Waals surface area contributed by atoms with Gasteiger partial charge in [-0.25, -0.2) is 9.97 Å². The summed E-state index contributed by atoms with van der Waals surface area (Å²) in [6.45, 7) is 0. The summed E-state index contributed by atoms with van der Waals surface area (Å²) < 4.78 is 4.88. The maximum Gasteiger partial charge on any atom is 0.235 e. The molecule has 0 saturated carbocycles. The molecule has 0 aliphatic heterocycles.